The van der Waals surface area contributed by atoms with Gasteiger partial charge in [0, 0.05) is 25.4 Å². The highest BCUT2D eigenvalue weighted by Gasteiger charge is 1.93. The van der Waals surface area contributed by atoms with Crippen molar-refractivity contribution < 1.29 is 4.74 Å². The molecule has 0 saturated carbocycles. The van der Waals surface area contributed by atoms with Gasteiger partial charge in [0.25, 0.3) is 0 Å². The maximum Gasteiger partial charge on any atom is 0.0991 e. The SMILES string of the molecule is CCCCOCCCNc1ccc(C#N)cc1. The molecule has 92 valence electrons. The van der Waals surface area contributed by atoms with Gasteiger partial charge in [-0.2, -0.15) is 5.26 Å². The zero-order valence-electron chi connectivity index (χ0n) is 10.4. The normalized spacial score (nSPS) is 9.88. The molecule has 1 rings (SSSR count). The molecular formula is C14H20N2O. The number of rotatable bonds is 8. The molecule has 3 nitrogen and oxygen atoms in total. The molecule has 0 aliphatic rings. The maximum absolute atomic E-state index is 8.66. The first-order valence-corrected chi connectivity index (χ1v) is 6.18. The van der Waals surface area contributed by atoms with Gasteiger partial charge in [-0.1, -0.05) is 13.3 Å². The minimum Gasteiger partial charge on any atom is -0.385 e. The van der Waals surface area contributed by atoms with Crippen LogP contribution in [0.15, 0.2) is 24.3 Å². The van der Waals surface area contributed by atoms with Crippen molar-refractivity contribution in [2.75, 3.05) is 25.1 Å². The molecule has 0 aliphatic carbocycles. The summed E-state index contributed by atoms with van der Waals surface area (Å²) in [7, 11) is 0. The molecule has 1 N–H and O–H groups in total. The summed E-state index contributed by atoms with van der Waals surface area (Å²) in [4.78, 5) is 0. The predicted molar refractivity (Wildman–Crippen MR) is 70.0 cm³/mol. The Bertz CT molecular complexity index is 340. The van der Waals surface area contributed by atoms with Gasteiger partial charge in [-0.05, 0) is 37.1 Å². The second kappa shape index (κ2) is 8.60. The molecule has 0 unspecified atom stereocenters. The van der Waals surface area contributed by atoms with Gasteiger partial charge in [0.15, 0.2) is 0 Å². The molecule has 1 aromatic rings. The van der Waals surface area contributed by atoms with Gasteiger partial charge in [0.05, 0.1) is 11.6 Å². The van der Waals surface area contributed by atoms with Gasteiger partial charge in [-0.15, -0.1) is 0 Å². The fourth-order valence-corrected chi connectivity index (χ4v) is 1.42. The summed E-state index contributed by atoms with van der Waals surface area (Å²) >= 11 is 0. The van der Waals surface area contributed by atoms with Crippen LogP contribution in [0.4, 0.5) is 5.69 Å². The number of hydrogen-bond donors (Lipinski definition) is 1. The van der Waals surface area contributed by atoms with E-state index < -0.39 is 0 Å². The maximum atomic E-state index is 8.66. The molecule has 0 fully saturated rings. The lowest BCUT2D eigenvalue weighted by Crippen LogP contribution is -2.06. The summed E-state index contributed by atoms with van der Waals surface area (Å²) in [5.74, 6) is 0. The van der Waals surface area contributed by atoms with Crippen molar-refractivity contribution in [1.82, 2.24) is 0 Å². The molecule has 0 aliphatic heterocycles. The van der Waals surface area contributed by atoms with Gasteiger partial charge in [-0.25, -0.2) is 0 Å². The molecule has 17 heavy (non-hydrogen) atoms. The molecule has 0 radical (unpaired) electrons. The third-order valence-electron chi connectivity index (χ3n) is 2.45. The largest absolute Gasteiger partial charge is 0.385 e. The third-order valence-corrected chi connectivity index (χ3v) is 2.45. The minimum absolute atomic E-state index is 0.693. The third kappa shape index (κ3) is 5.94. The summed E-state index contributed by atoms with van der Waals surface area (Å²) in [6.45, 7) is 4.74. The second-order valence-electron chi connectivity index (χ2n) is 3.94. The van der Waals surface area contributed by atoms with Crippen LogP contribution >= 0.6 is 0 Å². The number of nitriles is 1. The van der Waals surface area contributed by atoms with Crippen molar-refractivity contribution in [2.24, 2.45) is 0 Å². The van der Waals surface area contributed by atoms with Crippen LogP contribution in [0.5, 0.6) is 0 Å². The average molecular weight is 232 g/mol. The lowest BCUT2D eigenvalue weighted by molar-refractivity contribution is 0.131. The molecule has 0 atom stereocenters. The van der Waals surface area contributed by atoms with E-state index in [1.807, 2.05) is 24.3 Å². The van der Waals surface area contributed by atoms with E-state index >= 15 is 0 Å². The monoisotopic (exact) mass is 232 g/mol. The fraction of sp³-hybridized carbons (Fsp3) is 0.500. The van der Waals surface area contributed by atoms with Gasteiger partial charge in [-0.3, -0.25) is 0 Å². The molecule has 0 aromatic heterocycles. The summed E-state index contributed by atoms with van der Waals surface area (Å²) in [6, 6.07) is 9.60. The Labute approximate surface area is 103 Å². The Morgan fingerprint density at radius 3 is 2.53 bits per heavy atom. The molecule has 0 spiro atoms. The number of benzene rings is 1. The number of anilines is 1. The Morgan fingerprint density at radius 1 is 1.18 bits per heavy atom. The van der Waals surface area contributed by atoms with Gasteiger partial charge in [0.1, 0.15) is 0 Å². The molecule has 1 aromatic carbocycles. The van der Waals surface area contributed by atoms with E-state index in [0.717, 1.165) is 38.3 Å². The number of nitrogens with one attached hydrogen (secondary N) is 1. The van der Waals surface area contributed by atoms with Crippen LogP contribution in [-0.2, 0) is 4.74 Å². The van der Waals surface area contributed by atoms with Crippen LogP contribution in [0.3, 0.4) is 0 Å². The van der Waals surface area contributed by atoms with Crippen molar-refractivity contribution >= 4 is 5.69 Å². The Morgan fingerprint density at radius 2 is 1.88 bits per heavy atom. The summed E-state index contributed by atoms with van der Waals surface area (Å²) in [6.07, 6.45) is 3.33. The van der Waals surface area contributed by atoms with E-state index in [1.54, 1.807) is 0 Å². The molecule has 0 saturated heterocycles. The van der Waals surface area contributed by atoms with Crippen molar-refractivity contribution in [3.05, 3.63) is 29.8 Å². The van der Waals surface area contributed by atoms with E-state index in [2.05, 4.69) is 18.3 Å². The molecule has 0 bridgehead atoms. The van der Waals surface area contributed by atoms with Gasteiger partial charge < -0.3 is 10.1 Å². The van der Waals surface area contributed by atoms with Crippen molar-refractivity contribution in [2.45, 2.75) is 26.2 Å². The molecule has 0 amide bonds. The quantitative estimate of drug-likeness (QED) is 0.700. The van der Waals surface area contributed by atoms with Crippen molar-refractivity contribution in [3.63, 3.8) is 0 Å². The van der Waals surface area contributed by atoms with E-state index in [9.17, 15) is 0 Å². The van der Waals surface area contributed by atoms with E-state index in [0.29, 0.717) is 5.56 Å². The highest BCUT2D eigenvalue weighted by atomic mass is 16.5. The highest BCUT2D eigenvalue weighted by Crippen LogP contribution is 2.08. The number of hydrogen-bond acceptors (Lipinski definition) is 3. The van der Waals surface area contributed by atoms with Crippen LogP contribution in [0.1, 0.15) is 31.7 Å². The molecule has 3 heteroatoms. The van der Waals surface area contributed by atoms with Crippen LogP contribution in [0.25, 0.3) is 0 Å². The number of unbranched alkanes of at least 4 members (excludes halogenated alkanes) is 1. The summed E-state index contributed by atoms with van der Waals surface area (Å²) in [5, 5.41) is 12.0. The van der Waals surface area contributed by atoms with Gasteiger partial charge in [0.2, 0.25) is 0 Å². The first-order chi connectivity index (χ1) is 8.36. The molecule has 0 heterocycles. The van der Waals surface area contributed by atoms with Crippen LogP contribution in [-0.4, -0.2) is 19.8 Å². The molecular weight excluding hydrogens is 212 g/mol. The van der Waals surface area contributed by atoms with E-state index in [1.165, 1.54) is 6.42 Å². The van der Waals surface area contributed by atoms with Crippen LogP contribution < -0.4 is 5.32 Å². The topological polar surface area (TPSA) is 45.0 Å². The van der Waals surface area contributed by atoms with E-state index in [-0.39, 0.29) is 0 Å². The Balaban J connectivity index is 2.08. The second-order valence-corrected chi connectivity index (χ2v) is 3.94. The fourth-order valence-electron chi connectivity index (χ4n) is 1.42. The number of ether oxygens (including phenoxy) is 1. The van der Waals surface area contributed by atoms with Gasteiger partial charge >= 0.3 is 0 Å². The lowest BCUT2D eigenvalue weighted by atomic mass is 10.2. The van der Waals surface area contributed by atoms with Crippen molar-refractivity contribution in [3.8, 4) is 6.07 Å². The predicted octanol–water partition coefficient (Wildman–Crippen LogP) is 3.18. The van der Waals surface area contributed by atoms with Crippen molar-refractivity contribution in [1.29, 1.82) is 5.26 Å². The Kier molecular flexibility index (Phi) is 6.85. The van der Waals surface area contributed by atoms with Crippen LogP contribution in [0, 0.1) is 11.3 Å². The Hall–Kier alpha value is -1.53. The smallest absolute Gasteiger partial charge is 0.0991 e. The standard InChI is InChI=1S/C14H20N2O/c1-2-3-10-17-11-4-9-16-14-7-5-13(12-15)6-8-14/h5-8,16H,2-4,9-11H2,1H3. The summed E-state index contributed by atoms with van der Waals surface area (Å²) < 4.78 is 5.47. The van der Waals surface area contributed by atoms with E-state index in [4.69, 9.17) is 10.00 Å². The number of nitrogens with zero attached hydrogens (tertiary/aromatic N) is 1. The highest BCUT2D eigenvalue weighted by molar-refractivity contribution is 5.46. The van der Waals surface area contributed by atoms with Crippen LogP contribution in [0.2, 0.25) is 0 Å². The average Bonchev–Trinajstić information content (AvgIpc) is 2.38. The zero-order valence-corrected chi connectivity index (χ0v) is 10.4. The first kappa shape index (κ1) is 13.5. The lowest BCUT2D eigenvalue weighted by Gasteiger charge is -2.06. The first-order valence-electron chi connectivity index (χ1n) is 6.18. The zero-order chi connectivity index (χ0) is 12.3. The minimum atomic E-state index is 0.693. The summed E-state index contributed by atoms with van der Waals surface area (Å²) in [5.41, 5.74) is 1.75.